The van der Waals surface area contributed by atoms with Crippen molar-refractivity contribution in [3.05, 3.63) is 70.1 Å². The third kappa shape index (κ3) is 4.07. The molecule has 7 nitrogen and oxygen atoms in total. The largest absolute Gasteiger partial charge is 0.361 e. The minimum absolute atomic E-state index is 0.0431. The van der Waals surface area contributed by atoms with Crippen LogP contribution in [0.3, 0.4) is 0 Å². The van der Waals surface area contributed by atoms with Gasteiger partial charge in [0.15, 0.2) is 5.82 Å². The molecule has 4 heterocycles. The van der Waals surface area contributed by atoms with Gasteiger partial charge in [-0.25, -0.2) is 4.98 Å². The Morgan fingerprint density at radius 2 is 1.80 bits per heavy atom. The molecule has 154 valence electrons. The number of hydrogen-bond acceptors (Lipinski definition) is 5. The molecule has 0 amide bonds. The standard InChI is InChI=1S/C22H23N5O2S/c1-15-11-17(25-29-15)13-26-7-9-27(10-8-26)14-20-23-21(28)18-12-19(30-22(18)24-20)16-5-3-2-4-6-16/h2-6,11-12H,7-10,13-14H2,1H3,(H,23,24,28)/p+2. The molecule has 0 bridgehead atoms. The number of piperazine rings is 1. The lowest BCUT2D eigenvalue weighted by atomic mass is 10.2. The van der Waals surface area contributed by atoms with Crippen molar-refractivity contribution in [3.8, 4) is 10.4 Å². The van der Waals surface area contributed by atoms with Crippen molar-refractivity contribution in [2.24, 2.45) is 0 Å². The van der Waals surface area contributed by atoms with Gasteiger partial charge in [-0.1, -0.05) is 35.5 Å². The Hall–Kier alpha value is -2.81. The summed E-state index contributed by atoms with van der Waals surface area (Å²) in [5.41, 5.74) is 2.10. The first kappa shape index (κ1) is 19.2. The van der Waals surface area contributed by atoms with E-state index in [4.69, 9.17) is 9.51 Å². The monoisotopic (exact) mass is 423 g/mol. The van der Waals surface area contributed by atoms with E-state index in [1.54, 1.807) is 11.3 Å². The summed E-state index contributed by atoms with van der Waals surface area (Å²) in [6, 6.07) is 14.1. The van der Waals surface area contributed by atoms with Crippen LogP contribution in [0.25, 0.3) is 20.7 Å². The first-order valence-electron chi connectivity index (χ1n) is 10.3. The van der Waals surface area contributed by atoms with Gasteiger partial charge in [0.2, 0.25) is 0 Å². The van der Waals surface area contributed by atoms with Crippen molar-refractivity contribution in [1.29, 1.82) is 0 Å². The van der Waals surface area contributed by atoms with Gasteiger partial charge < -0.3 is 19.3 Å². The molecule has 0 radical (unpaired) electrons. The van der Waals surface area contributed by atoms with Gasteiger partial charge in [-0.2, -0.15) is 0 Å². The number of fused-ring (bicyclic) bond motifs is 1. The lowest BCUT2D eigenvalue weighted by Crippen LogP contribution is -3.27. The Balaban J connectivity index is 1.26. The molecule has 1 saturated heterocycles. The van der Waals surface area contributed by atoms with E-state index in [-0.39, 0.29) is 5.56 Å². The lowest BCUT2D eigenvalue weighted by Gasteiger charge is -2.28. The Labute approximate surface area is 178 Å². The first-order valence-corrected chi connectivity index (χ1v) is 11.1. The number of H-pyrrole nitrogens is 1. The van der Waals surface area contributed by atoms with Gasteiger partial charge in [0, 0.05) is 10.9 Å². The van der Waals surface area contributed by atoms with Crippen LogP contribution < -0.4 is 15.4 Å². The number of benzene rings is 1. The minimum atomic E-state index is -0.0431. The zero-order valence-corrected chi connectivity index (χ0v) is 17.7. The Morgan fingerprint density at radius 3 is 2.50 bits per heavy atom. The lowest BCUT2D eigenvalue weighted by molar-refractivity contribution is -1.02. The highest BCUT2D eigenvalue weighted by molar-refractivity contribution is 7.21. The van der Waals surface area contributed by atoms with Gasteiger partial charge in [0.1, 0.15) is 55.6 Å². The first-order chi connectivity index (χ1) is 14.6. The van der Waals surface area contributed by atoms with Crippen molar-refractivity contribution in [3.63, 3.8) is 0 Å². The van der Waals surface area contributed by atoms with Crippen molar-refractivity contribution in [2.75, 3.05) is 26.2 Å². The Morgan fingerprint density at radius 1 is 1.07 bits per heavy atom. The zero-order valence-electron chi connectivity index (χ0n) is 16.9. The number of aromatic nitrogens is 3. The molecule has 3 aromatic heterocycles. The molecule has 4 aromatic rings. The van der Waals surface area contributed by atoms with Gasteiger partial charge in [-0.3, -0.25) is 4.79 Å². The molecule has 1 fully saturated rings. The SMILES string of the molecule is Cc1cc(C[NH+]2CC[NH+](Cc3nc4sc(-c5ccccc5)cc4c(=O)[nH]3)CC2)no1. The average molecular weight is 424 g/mol. The van der Waals surface area contributed by atoms with Crippen LogP contribution >= 0.6 is 11.3 Å². The van der Waals surface area contributed by atoms with Crippen molar-refractivity contribution in [1.82, 2.24) is 15.1 Å². The number of aromatic amines is 1. The maximum atomic E-state index is 12.6. The van der Waals surface area contributed by atoms with Crippen molar-refractivity contribution >= 4 is 21.6 Å². The van der Waals surface area contributed by atoms with E-state index in [0.717, 1.165) is 71.8 Å². The molecular formula is C22H25N5O2S+2. The summed E-state index contributed by atoms with van der Waals surface area (Å²) in [7, 11) is 0. The van der Waals surface area contributed by atoms with E-state index < -0.39 is 0 Å². The fourth-order valence-electron chi connectivity index (χ4n) is 4.11. The predicted molar refractivity (Wildman–Crippen MR) is 116 cm³/mol. The highest BCUT2D eigenvalue weighted by Crippen LogP contribution is 2.30. The van der Waals surface area contributed by atoms with E-state index in [0.29, 0.717) is 5.39 Å². The molecule has 0 aliphatic carbocycles. The van der Waals surface area contributed by atoms with Gasteiger partial charge in [0.05, 0.1) is 5.39 Å². The molecule has 1 aliphatic heterocycles. The van der Waals surface area contributed by atoms with Gasteiger partial charge in [-0.15, -0.1) is 11.3 Å². The number of quaternary nitrogens is 2. The fourth-order valence-corrected chi connectivity index (χ4v) is 5.17. The summed E-state index contributed by atoms with van der Waals surface area (Å²) in [6.07, 6.45) is 0. The number of thiophene rings is 1. The summed E-state index contributed by atoms with van der Waals surface area (Å²) in [6.45, 7) is 7.83. The summed E-state index contributed by atoms with van der Waals surface area (Å²) in [4.78, 5) is 25.3. The second kappa shape index (κ2) is 8.14. The topological polar surface area (TPSA) is 80.7 Å². The molecule has 3 N–H and O–H groups in total. The van der Waals surface area contributed by atoms with Crippen LogP contribution in [0, 0.1) is 6.92 Å². The number of nitrogens with one attached hydrogen (secondary N) is 3. The van der Waals surface area contributed by atoms with Crippen molar-refractivity contribution in [2.45, 2.75) is 20.0 Å². The van der Waals surface area contributed by atoms with E-state index in [2.05, 4.69) is 22.3 Å². The second-order valence-corrected chi connectivity index (χ2v) is 9.02. The molecule has 0 saturated carbocycles. The van der Waals surface area contributed by atoms with Crippen LogP contribution in [-0.2, 0) is 13.1 Å². The highest BCUT2D eigenvalue weighted by atomic mass is 32.1. The Bertz CT molecular complexity index is 1210. The Kier molecular flexibility index (Phi) is 5.20. The smallest absolute Gasteiger partial charge is 0.259 e. The molecule has 0 unspecified atom stereocenters. The molecule has 1 aliphatic rings. The van der Waals surface area contributed by atoms with E-state index in [1.165, 1.54) is 9.80 Å². The van der Waals surface area contributed by atoms with Gasteiger partial charge >= 0.3 is 0 Å². The van der Waals surface area contributed by atoms with E-state index >= 15 is 0 Å². The normalized spacial score (nSPS) is 19.4. The highest BCUT2D eigenvalue weighted by Gasteiger charge is 2.25. The number of hydrogen-bond donors (Lipinski definition) is 3. The van der Waals surface area contributed by atoms with Crippen LogP contribution in [0.4, 0.5) is 0 Å². The maximum Gasteiger partial charge on any atom is 0.259 e. The molecular weight excluding hydrogens is 398 g/mol. The summed E-state index contributed by atoms with van der Waals surface area (Å²) in [5, 5.41) is 4.78. The summed E-state index contributed by atoms with van der Waals surface area (Å²) >= 11 is 1.58. The number of nitrogens with zero attached hydrogens (tertiary/aromatic N) is 2. The second-order valence-electron chi connectivity index (χ2n) is 7.99. The number of aryl methyl sites for hydroxylation is 1. The third-order valence-corrected chi connectivity index (χ3v) is 6.78. The van der Waals surface area contributed by atoms with Crippen LogP contribution in [0.1, 0.15) is 17.3 Å². The van der Waals surface area contributed by atoms with Gasteiger partial charge in [-0.05, 0) is 18.6 Å². The maximum absolute atomic E-state index is 12.6. The summed E-state index contributed by atoms with van der Waals surface area (Å²) in [5.74, 6) is 1.64. The molecule has 0 atom stereocenters. The third-order valence-electron chi connectivity index (χ3n) is 5.70. The van der Waals surface area contributed by atoms with Crippen LogP contribution in [0.2, 0.25) is 0 Å². The molecule has 0 spiro atoms. The zero-order chi connectivity index (χ0) is 20.5. The quantitative estimate of drug-likeness (QED) is 0.435. The average Bonchev–Trinajstić information content (AvgIpc) is 3.37. The molecule has 5 rings (SSSR count). The molecule has 1 aromatic carbocycles. The van der Waals surface area contributed by atoms with Crippen LogP contribution in [0.5, 0.6) is 0 Å². The number of rotatable bonds is 5. The molecule has 8 heteroatoms. The summed E-state index contributed by atoms with van der Waals surface area (Å²) < 4.78 is 5.17. The van der Waals surface area contributed by atoms with Crippen molar-refractivity contribution < 1.29 is 14.3 Å². The van der Waals surface area contributed by atoms with Crippen LogP contribution in [0.15, 0.2) is 51.8 Å². The van der Waals surface area contributed by atoms with Crippen LogP contribution in [-0.4, -0.2) is 41.3 Å². The van der Waals surface area contributed by atoms with E-state index in [1.807, 2.05) is 37.3 Å². The predicted octanol–water partition coefficient (Wildman–Crippen LogP) is 0.432. The molecule has 30 heavy (non-hydrogen) atoms. The van der Waals surface area contributed by atoms with Gasteiger partial charge in [0.25, 0.3) is 5.56 Å². The minimum Gasteiger partial charge on any atom is -0.361 e. The fraction of sp³-hybridized carbons (Fsp3) is 0.318. The van der Waals surface area contributed by atoms with E-state index in [9.17, 15) is 4.79 Å².